The Morgan fingerprint density at radius 3 is 2.74 bits per heavy atom. The Bertz CT molecular complexity index is 675. The van der Waals surface area contributed by atoms with E-state index in [9.17, 15) is 8.42 Å². The topological polar surface area (TPSA) is 69.2 Å². The zero-order valence-corrected chi connectivity index (χ0v) is 12.5. The smallest absolute Gasteiger partial charge is 0.233 e. The summed E-state index contributed by atoms with van der Waals surface area (Å²) in [7, 11) is -3.08. The molecule has 0 atom stereocenters. The maximum absolute atomic E-state index is 11.2. The molecule has 0 N–H and O–H groups in total. The van der Waals surface area contributed by atoms with E-state index in [4.69, 9.17) is 4.74 Å². The van der Waals surface area contributed by atoms with Gasteiger partial charge < -0.3 is 4.74 Å². The van der Waals surface area contributed by atoms with Crippen molar-refractivity contribution in [2.24, 2.45) is 0 Å². The van der Waals surface area contributed by atoms with Crippen molar-refractivity contribution in [2.45, 2.75) is 5.75 Å². The summed E-state index contributed by atoms with van der Waals surface area (Å²) in [4.78, 5) is 8.03. The molecule has 100 valence electrons. The van der Waals surface area contributed by atoms with Crippen LogP contribution in [-0.2, 0) is 15.6 Å². The second-order valence-corrected chi connectivity index (χ2v) is 6.99. The van der Waals surface area contributed by atoms with Crippen molar-refractivity contribution in [3.05, 3.63) is 46.8 Å². The third kappa shape index (κ3) is 4.29. The largest absolute Gasteiger partial charge is 0.436 e. The molecule has 0 unspecified atom stereocenters. The molecular formula is C12H11BrN2O3S. The fourth-order valence-corrected chi connectivity index (χ4v) is 2.68. The van der Waals surface area contributed by atoms with E-state index in [0.29, 0.717) is 21.7 Å². The summed E-state index contributed by atoms with van der Waals surface area (Å²) in [5.41, 5.74) is 0.605. The van der Waals surface area contributed by atoms with Crippen LogP contribution in [0.1, 0.15) is 5.56 Å². The predicted octanol–water partition coefficient (Wildman–Crippen LogP) is 2.58. The van der Waals surface area contributed by atoms with Crippen LogP contribution >= 0.6 is 15.9 Å². The first kappa shape index (κ1) is 14.0. The lowest BCUT2D eigenvalue weighted by molar-refractivity contribution is 0.457. The zero-order valence-electron chi connectivity index (χ0n) is 10.1. The lowest BCUT2D eigenvalue weighted by Crippen LogP contribution is -2.01. The quantitative estimate of drug-likeness (QED) is 0.853. The Morgan fingerprint density at radius 2 is 2.16 bits per heavy atom. The Hall–Kier alpha value is -1.47. The molecule has 2 rings (SSSR count). The number of halogens is 1. The molecule has 0 radical (unpaired) electrons. The van der Waals surface area contributed by atoms with Gasteiger partial charge in [0.15, 0.2) is 9.84 Å². The Balaban J connectivity index is 2.20. The van der Waals surface area contributed by atoms with Crippen LogP contribution in [0, 0.1) is 0 Å². The van der Waals surface area contributed by atoms with Gasteiger partial charge in [0.2, 0.25) is 5.88 Å². The average Bonchev–Trinajstić information content (AvgIpc) is 2.32. The molecule has 0 amide bonds. The standard InChI is InChI=1S/C12H11BrN2O3S/c1-19(16,17)8-9-5-11(13)12(15-6-9)18-10-3-2-4-14-7-10/h2-7H,8H2,1H3. The summed E-state index contributed by atoms with van der Waals surface area (Å²) < 4.78 is 28.5. The van der Waals surface area contributed by atoms with Gasteiger partial charge in [-0.1, -0.05) is 0 Å². The van der Waals surface area contributed by atoms with Crippen LogP contribution < -0.4 is 4.74 Å². The van der Waals surface area contributed by atoms with Crippen LogP contribution in [0.4, 0.5) is 0 Å². The molecule has 0 aliphatic heterocycles. The highest BCUT2D eigenvalue weighted by atomic mass is 79.9. The van der Waals surface area contributed by atoms with Gasteiger partial charge in [0.25, 0.3) is 0 Å². The molecule has 19 heavy (non-hydrogen) atoms. The fourth-order valence-electron chi connectivity index (χ4n) is 1.44. The van der Waals surface area contributed by atoms with Crippen LogP contribution in [0.5, 0.6) is 11.6 Å². The second kappa shape index (κ2) is 5.66. The van der Waals surface area contributed by atoms with E-state index in [-0.39, 0.29) is 5.75 Å². The Morgan fingerprint density at radius 1 is 1.37 bits per heavy atom. The lowest BCUT2D eigenvalue weighted by atomic mass is 10.3. The summed E-state index contributed by atoms with van der Waals surface area (Å²) in [6.45, 7) is 0. The molecule has 2 aromatic heterocycles. The zero-order chi connectivity index (χ0) is 13.9. The Labute approximate surface area is 119 Å². The molecule has 2 aromatic rings. The summed E-state index contributed by atoms with van der Waals surface area (Å²) in [5.74, 6) is 0.878. The number of nitrogens with zero attached hydrogens (tertiary/aromatic N) is 2. The van der Waals surface area contributed by atoms with Gasteiger partial charge in [-0.25, -0.2) is 13.4 Å². The molecule has 7 heteroatoms. The normalized spacial score (nSPS) is 11.3. The van der Waals surface area contributed by atoms with Crippen molar-refractivity contribution < 1.29 is 13.2 Å². The minimum Gasteiger partial charge on any atom is -0.436 e. The maximum Gasteiger partial charge on any atom is 0.233 e. The summed E-state index contributed by atoms with van der Waals surface area (Å²) in [6.07, 6.45) is 5.88. The average molecular weight is 343 g/mol. The molecule has 0 spiro atoms. The van der Waals surface area contributed by atoms with E-state index in [1.165, 1.54) is 12.5 Å². The molecule has 0 bridgehead atoms. The fraction of sp³-hybridized carbons (Fsp3) is 0.167. The molecule has 0 fully saturated rings. The van der Waals surface area contributed by atoms with Gasteiger partial charge in [0.1, 0.15) is 5.75 Å². The van der Waals surface area contributed by atoms with E-state index in [1.54, 1.807) is 30.6 Å². The van der Waals surface area contributed by atoms with Gasteiger partial charge in [-0.2, -0.15) is 0 Å². The SMILES string of the molecule is CS(=O)(=O)Cc1cnc(Oc2cccnc2)c(Br)c1. The van der Waals surface area contributed by atoms with Crippen LogP contribution in [0.2, 0.25) is 0 Å². The first-order valence-corrected chi connectivity index (χ1v) is 8.19. The van der Waals surface area contributed by atoms with Crippen molar-refractivity contribution in [3.8, 4) is 11.6 Å². The lowest BCUT2D eigenvalue weighted by Gasteiger charge is -2.07. The maximum atomic E-state index is 11.2. The number of hydrogen-bond donors (Lipinski definition) is 0. The highest BCUT2D eigenvalue weighted by Gasteiger charge is 2.09. The van der Waals surface area contributed by atoms with Gasteiger partial charge in [0.05, 0.1) is 16.4 Å². The van der Waals surface area contributed by atoms with Gasteiger partial charge >= 0.3 is 0 Å². The molecular weight excluding hydrogens is 332 g/mol. The number of aromatic nitrogens is 2. The van der Waals surface area contributed by atoms with Crippen LogP contribution in [0.3, 0.4) is 0 Å². The van der Waals surface area contributed by atoms with Crippen LogP contribution in [0.25, 0.3) is 0 Å². The summed E-state index contributed by atoms with van der Waals surface area (Å²) in [6, 6.07) is 5.19. The molecule has 0 saturated heterocycles. The molecule has 0 aliphatic carbocycles. The molecule has 0 saturated carbocycles. The van der Waals surface area contributed by atoms with Gasteiger partial charge in [-0.05, 0) is 39.7 Å². The van der Waals surface area contributed by atoms with Gasteiger partial charge in [-0.3, -0.25) is 4.98 Å². The molecule has 2 heterocycles. The number of pyridine rings is 2. The Kier molecular flexibility index (Phi) is 4.16. The van der Waals surface area contributed by atoms with E-state index in [1.807, 2.05) is 0 Å². The second-order valence-electron chi connectivity index (χ2n) is 3.99. The van der Waals surface area contributed by atoms with Crippen molar-refractivity contribution >= 4 is 25.8 Å². The number of rotatable bonds is 4. The third-order valence-electron chi connectivity index (χ3n) is 2.14. The number of ether oxygens (including phenoxy) is 1. The molecule has 0 aliphatic rings. The summed E-state index contributed by atoms with van der Waals surface area (Å²) in [5, 5.41) is 0. The molecule has 0 aromatic carbocycles. The monoisotopic (exact) mass is 342 g/mol. The first-order chi connectivity index (χ1) is 8.94. The highest BCUT2D eigenvalue weighted by molar-refractivity contribution is 9.10. The van der Waals surface area contributed by atoms with E-state index in [0.717, 1.165) is 0 Å². The summed E-state index contributed by atoms with van der Waals surface area (Å²) >= 11 is 3.31. The van der Waals surface area contributed by atoms with E-state index < -0.39 is 9.84 Å². The van der Waals surface area contributed by atoms with Crippen molar-refractivity contribution in [1.29, 1.82) is 0 Å². The van der Waals surface area contributed by atoms with Gasteiger partial charge in [-0.15, -0.1) is 0 Å². The van der Waals surface area contributed by atoms with E-state index >= 15 is 0 Å². The minimum absolute atomic E-state index is 0.0498. The number of hydrogen-bond acceptors (Lipinski definition) is 5. The number of sulfone groups is 1. The minimum atomic E-state index is -3.08. The van der Waals surface area contributed by atoms with Crippen LogP contribution in [-0.4, -0.2) is 24.6 Å². The van der Waals surface area contributed by atoms with Crippen molar-refractivity contribution in [3.63, 3.8) is 0 Å². The first-order valence-electron chi connectivity index (χ1n) is 5.34. The van der Waals surface area contributed by atoms with Crippen LogP contribution in [0.15, 0.2) is 41.3 Å². The molecule has 5 nitrogen and oxygen atoms in total. The van der Waals surface area contributed by atoms with Crippen molar-refractivity contribution in [1.82, 2.24) is 9.97 Å². The highest BCUT2D eigenvalue weighted by Crippen LogP contribution is 2.27. The predicted molar refractivity (Wildman–Crippen MR) is 74.8 cm³/mol. The van der Waals surface area contributed by atoms with Gasteiger partial charge in [0, 0.05) is 18.6 Å². The third-order valence-corrected chi connectivity index (χ3v) is 3.57. The van der Waals surface area contributed by atoms with Crippen molar-refractivity contribution in [2.75, 3.05) is 6.26 Å². The van der Waals surface area contributed by atoms with E-state index in [2.05, 4.69) is 25.9 Å².